The number of nitrogens with zero attached hydrogens (tertiary/aromatic N) is 3. The fourth-order valence-electron chi connectivity index (χ4n) is 1.99. The number of imidazole rings is 1. The molecule has 3 rings (SSSR count). The lowest BCUT2D eigenvalue weighted by molar-refractivity contribution is 0.415. The molecular weight excluding hydrogens is 260 g/mol. The number of H-pyrrole nitrogens is 1. The maximum Gasteiger partial charge on any atom is 0.178 e. The summed E-state index contributed by atoms with van der Waals surface area (Å²) in [5, 5.41) is 0. The highest BCUT2D eigenvalue weighted by Crippen LogP contribution is 2.21. The number of benzene rings is 1. The predicted octanol–water partition coefficient (Wildman–Crippen LogP) is 2.55. The molecule has 1 aromatic carbocycles. The number of rotatable bonds is 3. The van der Waals surface area contributed by atoms with Crippen molar-refractivity contribution >= 4 is 23.3 Å². The van der Waals surface area contributed by atoms with Crippen molar-refractivity contribution in [1.29, 1.82) is 0 Å². The quantitative estimate of drug-likeness (QED) is 0.744. The number of methoxy groups -OCH3 is 1. The van der Waals surface area contributed by atoms with Gasteiger partial charge in [-0.25, -0.2) is 9.97 Å². The van der Waals surface area contributed by atoms with Gasteiger partial charge in [0.1, 0.15) is 12.1 Å². The second-order valence-corrected chi connectivity index (χ2v) is 4.49. The van der Waals surface area contributed by atoms with Gasteiger partial charge in [0.25, 0.3) is 0 Å². The summed E-state index contributed by atoms with van der Waals surface area (Å²) >= 11 is 5.35. The fourth-order valence-corrected chi connectivity index (χ4v) is 2.26. The van der Waals surface area contributed by atoms with Crippen molar-refractivity contribution in [3.8, 4) is 5.75 Å². The largest absolute Gasteiger partial charge is 0.497 e. The first-order valence-electron chi connectivity index (χ1n) is 5.79. The molecule has 2 aromatic heterocycles. The maximum atomic E-state index is 5.35. The monoisotopic (exact) mass is 272 g/mol. The maximum absolute atomic E-state index is 5.35. The summed E-state index contributed by atoms with van der Waals surface area (Å²) < 4.78 is 7.91. The molecule has 0 bridgehead atoms. The van der Waals surface area contributed by atoms with Gasteiger partial charge in [-0.05, 0) is 30.4 Å². The van der Waals surface area contributed by atoms with Crippen LogP contribution in [0.5, 0.6) is 5.75 Å². The van der Waals surface area contributed by atoms with Crippen molar-refractivity contribution in [3.63, 3.8) is 0 Å². The van der Waals surface area contributed by atoms with E-state index in [1.807, 2.05) is 28.8 Å². The zero-order valence-corrected chi connectivity index (χ0v) is 11.1. The van der Waals surface area contributed by atoms with Crippen molar-refractivity contribution in [1.82, 2.24) is 19.5 Å². The van der Waals surface area contributed by atoms with E-state index < -0.39 is 0 Å². The Bertz CT molecular complexity index is 763. The summed E-state index contributed by atoms with van der Waals surface area (Å²) in [5.74, 6) is 0.804. The summed E-state index contributed by atoms with van der Waals surface area (Å²) in [4.78, 5) is 11.3. The number of nitrogens with one attached hydrogen (secondary N) is 1. The predicted molar refractivity (Wildman–Crippen MR) is 74.8 cm³/mol. The average molecular weight is 272 g/mol. The molecule has 1 N–H and O–H groups in total. The van der Waals surface area contributed by atoms with E-state index in [9.17, 15) is 0 Å². The van der Waals surface area contributed by atoms with Gasteiger partial charge in [-0.3, -0.25) is 0 Å². The molecule has 0 fully saturated rings. The normalized spacial score (nSPS) is 10.8. The van der Waals surface area contributed by atoms with E-state index in [0.717, 1.165) is 22.5 Å². The Morgan fingerprint density at radius 1 is 1.37 bits per heavy atom. The minimum absolute atomic E-state index is 0.606. The Hall–Kier alpha value is -2.21. The number of ether oxygens (including phenoxy) is 1. The Morgan fingerprint density at radius 3 is 3.00 bits per heavy atom. The molecule has 0 unspecified atom stereocenters. The van der Waals surface area contributed by atoms with Crippen molar-refractivity contribution < 1.29 is 4.74 Å². The smallest absolute Gasteiger partial charge is 0.178 e. The zero-order valence-electron chi connectivity index (χ0n) is 10.3. The Labute approximate surface area is 114 Å². The van der Waals surface area contributed by atoms with Crippen LogP contribution in [0, 0.1) is 4.77 Å². The van der Waals surface area contributed by atoms with Crippen LogP contribution >= 0.6 is 12.2 Å². The van der Waals surface area contributed by atoms with E-state index in [1.165, 1.54) is 6.33 Å². The molecule has 0 aliphatic heterocycles. The second-order valence-electron chi connectivity index (χ2n) is 4.10. The highest BCUT2D eigenvalue weighted by molar-refractivity contribution is 7.71. The molecule has 0 amide bonds. The average Bonchev–Trinajstić information content (AvgIpc) is 2.76. The van der Waals surface area contributed by atoms with Crippen LogP contribution in [-0.2, 0) is 6.54 Å². The van der Waals surface area contributed by atoms with Crippen molar-refractivity contribution in [2.45, 2.75) is 6.54 Å². The van der Waals surface area contributed by atoms with Gasteiger partial charge in [-0.1, -0.05) is 0 Å². The van der Waals surface area contributed by atoms with Crippen LogP contribution < -0.4 is 4.74 Å². The van der Waals surface area contributed by atoms with E-state index in [0.29, 0.717) is 11.3 Å². The van der Waals surface area contributed by atoms with Crippen LogP contribution in [0.4, 0.5) is 0 Å². The van der Waals surface area contributed by atoms with Gasteiger partial charge in [0.05, 0.1) is 30.4 Å². The van der Waals surface area contributed by atoms with E-state index in [4.69, 9.17) is 17.0 Å². The third kappa shape index (κ3) is 2.22. The van der Waals surface area contributed by atoms with Crippen LogP contribution in [-0.4, -0.2) is 26.6 Å². The van der Waals surface area contributed by atoms with Gasteiger partial charge in [-0.2, -0.15) is 0 Å². The van der Waals surface area contributed by atoms with Crippen molar-refractivity contribution in [2.24, 2.45) is 0 Å². The summed E-state index contributed by atoms with van der Waals surface area (Å²) in [6.45, 7) is 0.606. The molecule has 3 aromatic rings. The molecule has 0 aliphatic carbocycles. The Balaban J connectivity index is 2.12. The first kappa shape index (κ1) is 11.9. The molecule has 0 aliphatic rings. The topological polar surface area (TPSA) is 55.7 Å². The SMILES string of the molecule is COc1ccc2[nH]c(=S)n(Cc3ccncn3)c2c1. The Morgan fingerprint density at radius 2 is 2.26 bits per heavy atom. The van der Waals surface area contributed by atoms with Gasteiger partial charge in [0, 0.05) is 12.3 Å². The molecule has 0 radical (unpaired) electrons. The van der Waals surface area contributed by atoms with Crippen molar-refractivity contribution in [3.05, 3.63) is 47.3 Å². The summed E-state index contributed by atoms with van der Waals surface area (Å²) in [6, 6.07) is 7.70. The molecule has 5 nitrogen and oxygen atoms in total. The summed E-state index contributed by atoms with van der Waals surface area (Å²) in [6.07, 6.45) is 3.26. The van der Waals surface area contributed by atoms with Crippen LogP contribution in [0.25, 0.3) is 11.0 Å². The first-order valence-corrected chi connectivity index (χ1v) is 6.20. The lowest BCUT2D eigenvalue weighted by atomic mass is 10.3. The minimum Gasteiger partial charge on any atom is -0.497 e. The number of aromatic amines is 1. The van der Waals surface area contributed by atoms with Gasteiger partial charge in [-0.15, -0.1) is 0 Å². The van der Waals surface area contributed by atoms with Gasteiger partial charge < -0.3 is 14.3 Å². The molecular formula is C13H12N4OS. The molecule has 2 heterocycles. The van der Waals surface area contributed by atoms with Gasteiger partial charge in [0.15, 0.2) is 4.77 Å². The van der Waals surface area contributed by atoms with E-state index in [-0.39, 0.29) is 0 Å². The molecule has 19 heavy (non-hydrogen) atoms. The molecule has 0 saturated carbocycles. The van der Waals surface area contributed by atoms with Crippen LogP contribution in [0.15, 0.2) is 36.8 Å². The van der Waals surface area contributed by atoms with Crippen LogP contribution in [0.3, 0.4) is 0 Å². The number of hydrogen-bond donors (Lipinski definition) is 1. The lowest BCUT2D eigenvalue weighted by Gasteiger charge is -2.05. The van der Waals surface area contributed by atoms with E-state index in [1.54, 1.807) is 13.3 Å². The third-order valence-electron chi connectivity index (χ3n) is 2.95. The minimum atomic E-state index is 0.606. The van der Waals surface area contributed by atoms with Crippen LogP contribution in [0.2, 0.25) is 0 Å². The highest BCUT2D eigenvalue weighted by Gasteiger charge is 2.07. The molecule has 0 saturated heterocycles. The second kappa shape index (κ2) is 4.81. The molecule has 6 heteroatoms. The highest BCUT2D eigenvalue weighted by atomic mass is 32.1. The molecule has 96 valence electrons. The van der Waals surface area contributed by atoms with Gasteiger partial charge >= 0.3 is 0 Å². The van der Waals surface area contributed by atoms with Crippen LogP contribution in [0.1, 0.15) is 5.69 Å². The summed E-state index contributed by atoms with van der Waals surface area (Å²) in [5.41, 5.74) is 2.90. The summed E-state index contributed by atoms with van der Waals surface area (Å²) in [7, 11) is 1.65. The number of fused-ring (bicyclic) bond motifs is 1. The zero-order chi connectivity index (χ0) is 13.2. The fraction of sp³-hybridized carbons (Fsp3) is 0.154. The molecule has 0 atom stereocenters. The van der Waals surface area contributed by atoms with E-state index in [2.05, 4.69) is 15.0 Å². The first-order chi connectivity index (χ1) is 9.28. The third-order valence-corrected chi connectivity index (χ3v) is 3.27. The number of hydrogen-bond acceptors (Lipinski definition) is 4. The molecule has 0 spiro atoms. The number of aromatic nitrogens is 4. The Kier molecular flexibility index (Phi) is 3.00. The van der Waals surface area contributed by atoms with Crippen molar-refractivity contribution in [2.75, 3.05) is 7.11 Å². The standard InChI is InChI=1S/C13H12N4OS/c1-18-10-2-3-11-12(6-10)17(13(19)16-11)7-9-4-5-14-8-15-9/h2-6,8H,7H2,1H3,(H,16,19). The van der Waals surface area contributed by atoms with E-state index >= 15 is 0 Å². The lowest BCUT2D eigenvalue weighted by Crippen LogP contribution is -2.01. The van der Waals surface area contributed by atoms with Gasteiger partial charge in [0.2, 0.25) is 0 Å².